The van der Waals surface area contributed by atoms with Crippen LogP contribution < -0.4 is 0 Å². The number of aryl methyl sites for hydroxylation is 2. The predicted octanol–water partition coefficient (Wildman–Crippen LogP) is 0.741. The van der Waals surface area contributed by atoms with Gasteiger partial charge >= 0.3 is 0 Å². The molecule has 4 heteroatoms. The van der Waals surface area contributed by atoms with Gasteiger partial charge in [-0.2, -0.15) is 5.10 Å². The first-order chi connectivity index (χ1) is 5.27. The molecule has 0 amide bonds. The van der Waals surface area contributed by atoms with E-state index in [4.69, 9.17) is 0 Å². The van der Waals surface area contributed by atoms with Gasteiger partial charge in [0.2, 0.25) is 0 Å². The Morgan fingerprint density at radius 3 is 3.00 bits per heavy atom. The minimum absolute atomic E-state index is 0.779. The van der Waals surface area contributed by atoms with Crippen molar-refractivity contribution < 1.29 is 0 Å². The minimum atomic E-state index is 0.779. The fourth-order valence-corrected chi connectivity index (χ4v) is 0.986. The van der Waals surface area contributed by atoms with Gasteiger partial charge in [-0.1, -0.05) is 0 Å². The summed E-state index contributed by atoms with van der Waals surface area (Å²) < 4.78 is 1.67. The van der Waals surface area contributed by atoms with Gasteiger partial charge in [0, 0.05) is 5.56 Å². The molecule has 0 N–H and O–H groups in total. The van der Waals surface area contributed by atoms with Gasteiger partial charge in [-0.25, -0.2) is 14.5 Å². The highest BCUT2D eigenvalue weighted by Gasteiger charge is 1.99. The summed E-state index contributed by atoms with van der Waals surface area (Å²) in [4.78, 5) is 8.23. The zero-order valence-corrected chi connectivity index (χ0v) is 6.44. The zero-order chi connectivity index (χ0) is 7.84. The summed E-state index contributed by atoms with van der Waals surface area (Å²) in [5.41, 5.74) is 1.97. The molecule has 0 saturated heterocycles. The van der Waals surface area contributed by atoms with Crippen molar-refractivity contribution >= 4 is 5.65 Å². The van der Waals surface area contributed by atoms with Crippen molar-refractivity contribution in [2.24, 2.45) is 0 Å². The number of hydrogen-bond donors (Lipinski definition) is 0. The van der Waals surface area contributed by atoms with Crippen LogP contribution in [-0.2, 0) is 0 Å². The van der Waals surface area contributed by atoms with Crippen LogP contribution in [0, 0.1) is 13.8 Å². The Hall–Kier alpha value is -1.45. The van der Waals surface area contributed by atoms with E-state index in [0.717, 1.165) is 17.0 Å². The SMILES string of the molecule is Cc1ncn2ncc(C)c2n1. The Kier molecular flexibility index (Phi) is 1.15. The van der Waals surface area contributed by atoms with Gasteiger partial charge in [-0.05, 0) is 13.8 Å². The van der Waals surface area contributed by atoms with E-state index in [9.17, 15) is 0 Å². The van der Waals surface area contributed by atoms with Gasteiger partial charge in [0.15, 0.2) is 5.65 Å². The maximum atomic E-state index is 4.22. The lowest BCUT2D eigenvalue weighted by Crippen LogP contribution is -1.95. The fraction of sp³-hybridized carbons (Fsp3) is 0.286. The number of fused-ring (bicyclic) bond motifs is 1. The molecule has 2 aromatic heterocycles. The lowest BCUT2D eigenvalue weighted by atomic mass is 10.4. The van der Waals surface area contributed by atoms with Gasteiger partial charge < -0.3 is 0 Å². The van der Waals surface area contributed by atoms with Gasteiger partial charge in [0.1, 0.15) is 12.2 Å². The van der Waals surface area contributed by atoms with Crippen LogP contribution in [0.15, 0.2) is 12.5 Å². The monoisotopic (exact) mass is 148 g/mol. The molecule has 2 rings (SSSR count). The first-order valence-electron chi connectivity index (χ1n) is 3.41. The number of hydrogen-bond acceptors (Lipinski definition) is 3. The van der Waals surface area contributed by atoms with Crippen LogP contribution in [0.3, 0.4) is 0 Å². The fourth-order valence-electron chi connectivity index (χ4n) is 0.986. The quantitative estimate of drug-likeness (QED) is 0.553. The lowest BCUT2D eigenvalue weighted by Gasteiger charge is -1.92. The highest BCUT2D eigenvalue weighted by molar-refractivity contribution is 5.44. The summed E-state index contributed by atoms with van der Waals surface area (Å²) in [7, 11) is 0. The Balaban J connectivity index is 2.87. The molecule has 2 heterocycles. The Morgan fingerprint density at radius 1 is 1.36 bits per heavy atom. The molecule has 56 valence electrons. The second-order valence-corrected chi connectivity index (χ2v) is 2.50. The van der Waals surface area contributed by atoms with E-state index in [1.54, 1.807) is 17.0 Å². The Labute approximate surface area is 63.9 Å². The third kappa shape index (κ3) is 0.869. The van der Waals surface area contributed by atoms with Crippen molar-refractivity contribution in [2.75, 3.05) is 0 Å². The van der Waals surface area contributed by atoms with E-state index in [-0.39, 0.29) is 0 Å². The summed E-state index contributed by atoms with van der Waals surface area (Å²) in [6.45, 7) is 3.85. The maximum Gasteiger partial charge on any atom is 0.161 e. The molecule has 0 atom stereocenters. The molecular formula is C7H8N4. The standard InChI is InChI=1S/C7H8N4/c1-5-3-9-11-4-8-6(2)10-7(5)11/h3-4H,1-2H3. The number of nitrogens with zero attached hydrogens (tertiary/aromatic N) is 4. The van der Waals surface area contributed by atoms with Crippen LogP contribution in [0.2, 0.25) is 0 Å². The molecule has 0 spiro atoms. The molecule has 0 radical (unpaired) electrons. The minimum Gasteiger partial charge on any atom is -0.222 e. The average molecular weight is 148 g/mol. The van der Waals surface area contributed by atoms with E-state index in [0.29, 0.717) is 0 Å². The molecule has 0 aliphatic heterocycles. The van der Waals surface area contributed by atoms with E-state index < -0.39 is 0 Å². The molecule has 0 aliphatic rings. The molecule has 11 heavy (non-hydrogen) atoms. The number of aromatic nitrogens is 4. The molecule has 0 bridgehead atoms. The summed E-state index contributed by atoms with van der Waals surface area (Å²) in [6, 6.07) is 0. The van der Waals surface area contributed by atoms with Gasteiger partial charge in [0.25, 0.3) is 0 Å². The van der Waals surface area contributed by atoms with Crippen molar-refractivity contribution in [1.29, 1.82) is 0 Å². The van der Waals surface area contributed by atoms with Crippen LogP contribution in [-0.4, -0.2) is 19.6 Å². The normalized spacial score (nSPS) is 10.7. The highest BCUT2D eigenvalue weighted by Crippen LogP contribution is 2.03. The molecule has 0 unspecified atom stereocenters. The van der Waals surface area contributed by atoms with Crippen LogP contribution in [0.4, 0.5) is 0 Å². The summed E-state index contributed by atoms with van der Waals surface area (Å²) in [5.74, 6) is 0.779. The first kappa shape index (κ1) is 6.27. The molecule has 0 saturated carbocycles. The molecule has 0 aromatic carbocycles. The van der Waals surface area contributed by atoms with Crippen LogP contribution in [0.5, 0.6) is 0 Å². The van der Waals surface area contributed by atoms with Gasteiger partial charge in [-0.3, -0.25) is 0 Å². The van der Waals surface area contributed by atoms with E-state index in [2.05, 4.69) is 15.1 Å². The summed E-state index contributed by atoms with van der Waals surface area (Å²) in [6.07, 6.45) is 3.45. The second kappa shape index (κ2) is 2.02. The number of rotatable bonds is 0. The highest BCUT2D eigenvalue weighted by atomic mass is 15.3. The average Bonchev–Trinajstić information content (AvgIpc) is 2.33. The lowest BCUT2D eigenvalue weighted by molar-refractivity contribution is 0.868. The third-order valence-corrected chi connectivity index (χ3v) is 1.57. The van der Waals surface area contributed by atoms with E-state index >= 15 is 0 Å². The second-order valence-electron chi connectivity index (χ2n) is 2.50. The summed E-state index contributed by atoms with van der Waals surface area (Å²) >= 11 is 0. The van der Waals surface area contributed by atoms with Gasteiger partial charge in [0.05, 0.1) is 6.20 Å². The topological polar surface area (TPSA) is 43.1 Å². The summed E-state index contributed by atoms with van der Waals surface area (Å²) in [5, 5.41) is 4.05. The van der Waals surface area contributed by atoms with Crippen LogP contribution in [0.25, 0.3) is 5.65 Å². The van der Waals surface area contributed by atoms with Crippen molar-refractivity contribution in [1.82, 2.24) is 19.6 Å². The van der Waals surface area contributed by atoms with Crippen molar-refractivity contribution in [3.05, 3.63) is 23.9 Å². The predicted molar refractivity (Wildman–Crippen MR) is 40.3 cm³/mol. The zero-order valence-electron chi connectivity index (χ0n) is 6.44. The Bertz CT molecular complexity index is 390. The van der Waals surface area contributed by atoms with Crippen LogP contribution in [0.1, 0.15) is 11.4 Å². The van der Waals surface area contributed by atoms with Crippen LogP contribution >= 0.6 is 0 Å². The molecular weight excluding hydrogens is 140 g/mol. The van der Waals surface area contributed by atoms with Gasteiger partial charge in [-0.15, -0.1) is 0 Å². The molecule has 0 fully saturated rings. The first-order valence-corrected chi connectivity index (χ1v) is 3.41. The molecule has 0 aliphatic carbocycles. The molecule has 2 aromatic rings. The van der Waals surface area contributed by atoms with Crippen molar-refractivity contribution in [2.45, 2.75) is 13.8 Å². The van der Waals surface area contributed by atoms with Crippen molar-refractivity contribution in [3.63, 3.8) is 0 Å². The third-order valence-electron chi connectivity index (χ3n) is 1.57. The smallest absolute Gasteiger partial charge is 0.161 e. The largest absolute Gasteiger partial charge is 0.222 e. The van der Waals surface area contributed by atoms with E-state index in [1.165, 1.54) is 0 Å². The maximum absolute atomic E-state index is 4.22. The Morgan fingerprint density at radius 2 is 2.18 bits per heavy atom. The van der Waals surface area contributed by atoms with Crippen molar-refractivity contribution in [3.8, 4) is 0 Å². The molecule has 4 nitrogen and oxygen atoms in total. The van der Waals surface area contributed by atoms with E-state index in [1.807, 2.05) is 13.8 Å².